The normalized spacial score (nSPS) is 11.0. The number of fused-ring (bicyclic) bond motifs is 4. The minimum absolute atomic E-state index is 0. The van der Waals surface area contributed by atoms with Crippen molar-refractivity contribution in [2.45, 2.75) is 52.3 Å². The van der Waals surface area contributed by atoms with E-state index in [2.05, 4.69) is 72.4 Å². The molecule has 0 saturated carbocycles. The monoisotopic (exact) mass is 1990 g/mol. The second-order valence-corrected chi connectivity index (χ2v) is 32.2. The predicted octanol–water partition coefficient (Wildman–Crippen LogP) is 26.6. The number of anilines is 4. The van der Waals surface area contributed by atoms with E-state index in [9.17, 15) is 68.4 Å². The Bertz CT molecular complexity index is 7070. The van der Waals surface area contributed by atoms with Gasteiger partial charge in [-0.3, -0.25) is 19.2 Å². The van der Waals surface area contributed by atoms with Gasteiger partial charge in [-0.25, -0.2) is 13.1 Å². The average molecular weight is 1990 g/mol. The van der Waals surface area contributed by atoms with Crippen LogP contribution in [0.3, 0.4) is 0 Å². The van der Waals surface area contributed by atoms with Crippen LogP contribution in [-0.4, -0.2) is 86.0 Å². The van der Waals surface area contributed by atoms with Crippen LogP contribution in [0.1, 0.15) is 81.3 Å². The fourth-order valence-electron chi connectivity index (χ4n) is 13.0. The summed E-state index contributed by atoms with van der Waals surface area (Å²) in [5.41, 5.74) is 7.68. The average Bonchev–Trinajstić information content (AvgIpc) is 0.787. The second kappa shape index (κ2) is 49.1. The number of azo groups is 4. The minimum atomic E-state index is -3.79. The Morgan fingerprint density at radius 3 is 0.985 bits per heavy atom. The second-order valence-electron chi connectivity index (χ2n) is 28.8. The third-order valence-electron chi connectivity index (χ3n) is 19.4. The molecule has 16 aromatic carbocycles. The van der Waals surface area contributed by atoms with Gasteiger partial charge in [0.15, 0.2) is 23.0 Å². The summed E-state index contributed by atoms with van der Waals surface area (Å²) in [6, 6.07) is 84.3. The zero-order valence-electron chi connectivity index (χ0n) is 71.0. The Labute approximate surface area is 816 Å². The Balaban J connectivity index is 0.000000202. The number of sulfonamides is 1. The predicted molar refractivity (Wildman–Crippen MR) is 525 cm³/mol. The van der Waals surface area contributed by atoms with Gasteiger partial charge in [-0.15, -0.1) is 50.2 Å². The van der Waals surface area contributed by atoms with Gasteiger partial charge in [0.1, 0.15) is 68.5 Å². The van der Waals surface area contributed by atoms with E-state index in [1.807, 2.05) is 81.4 Å². The maximum absolute atomic E-state index is 12.9. The molecular weight excluding hydrogens is 1900 g/mol. The summed E-state index contributed by atoms with van der Waals surface area (Å²) in [6.07, 6.45) is 0. The van der Waals surface area contributed by atoms with Gasteiger partial charge in [0.05, 0.1) is 39.2 Å². The number of carbonyl (C=O) groups is 4. The Kier molecular flexibility index (Phi) is 37.8. The summed E-state index contributed by atoms with van der Waals surface area (Å²) < 4.78 is 32.0. The molecule has 0 aromatic heterocycles. The van der Waals surface area contributed by atoms with Crippen LogP contribution in [0.4, 0.5) is 68.2 Å². The maximum Gasteiger partial charge on any atom is 0.259 e. The van der Waals surface area contributed by atoms with Crippen molar-refractivity contribution in [1.82, 2.24) is 10.2 Å². The molecule has 16 rings (SSSR count). The summed E-state index contributed by atoms with van der Waals surface area (Å²) in [4.78, 5) is 56.9. The van der Waals surface area contributed by atoms with Crippen molar-refractivity contribution in [1.29, 1.82) is 0 Å². The zero-order chi connectivity index (χ0) is 93.5. The first-order valence-corrected chi connectivity index (χ1v) is 43.2. The van der Waals surface area contributed by atoms with E-state index in [1.165, 1.54) is 60.7 Å². The van der Waals surface area contributed by atoms with Gasteiger partial charge in [0.2, 0.25) is 10.0 Å². The molecule has 30 nitrogen and oxygen atoms in total. The van der Waals surface area contributed by atoms with E-state index in [0.717, 1.165) is 33.9 Å². The van der Waals surface area contributed by atoms with E-state index in [0.29, 0.717) is 76.6 Å². The summed E-state index contributed by atoms with van der Waals surface area (Å²) in [5, 5.41) is 134. The van der Waals surface area contributed by atoms with E-state index >= 15 is 0 Å². The van der Waals surface area contributed by atoms with Gasteiger partial charge in [-0.2, -0.15) is 5.48 Å². The van der Waals surface area contributed by atoms with Crippen molar-refractivity contribution in [3.63, 3.8) is 0 Å². The largest absolute Gasteiger partial charge is 0.506 e. The van der Waals surface area contributed by atoms with Gasteiger partial charge < -0.3 is 62.1 Å². The molecule has 0 bridgehead atoms. The number of hydroxylamine groups is 1. The van der Waals surface area contributed by atoms with Crippen LogP contribution in [0.15, 0.2) is 354 Å². The molecular formula is C100H88Cl2Fe2N14O16S2. The number of rotatable bonds is 24. The molecule has 0 aliphatic rings. The van der Waals surface area contributed by atoms with Crippen molar-refractivity contribution < 1.29 is 112 Å². The Morgan fingerprint density at radius 2 is 0.640 bits per heavy atom. The molecule has 696 valence electrons. The van der Waals surface area contributed by atoms with Crippen LogP contribution in [0.25, 0.3) is 43.1 Å². The number of hydrogen-bond acceptors (Lipinski definition) is 26. The van der Waals surface area contributed by atoms with Gasteiger partial charge in [0.25, 0.3) is 23.6 Å². The third kappa shape index (κ3) is 26.7. The first-order valence-electron chi connectivity index (χ1n) is 40.2. The molecule has 0 aliphatic carbocycles. The van der Waals surface area contributed by atoms with Crippen molar-refractivity contribution >= 4 is 180 Å². The molecule has 0 unspecified atom stereocenters. The molecule has 16 aromatic rings. The molecule has 0 saturated heterocycles. The third-order valence-corrected chi connectivity index (χ3v) is 22.0. The first kappa shape index (κ1) is 105. The van der Waals surface area contributed by atoms with Crippen LogP contribution >= 0.6 is 35.2 Å². The van der Waals surface area contributed by atoms with Crippen molar-refractivity contribution in [2.24, 2.45) is 40.9 Å². The number of aryl methyl sites for hydroxylation is 2. The van der Waals surface area contributed by atoms with Crippen LogP contribution in [-0.2, 0) is 53.5 Å². The standard InChI is InChI=1S/2C25H22N4O5S.2C24H18ClN3O3.2CH4.2Fe/c1-2-26-35(33,34)18-12-13-22(30)21(15-18)28-29-23-19-11-7-6-8-16(19)14-20(24(23)31)25(32)27-17-9-4-3-5-10-17;1-2-26-33-34-35-18-12-13-22(30)21(15-18)28-29-23-19-11-7-6-8-16(19)14-20(24(23)31)25(32)27-17-9-4-3-5-10-17;2*1-14-7-9-18-15(11-14)12-19(24(31)26-17-5-3-2-4-6-17)23(30)22(18)28-27-20-13-16(25)8-10-21(20)29;;;;/h2*3-15,26,30-31H,2H2,1H3,(H,27,32);2*2-13,29-30H,1H3,(H,26,31);2*1H4;;. The number of phenolic OH excluding ortho intramolecular Hbond substituents is 8. The quantitative estimate of drug-likeness (QED) is 0.00667. The molecule has 14 N–H and O–H groups in total. The summed E-state index contributed by atoms with van der Waals surface area (Å²) in [5.74, 6) is -3.97. The number of hydrogen-bond donors (Lipinski definition) is 14. The minimum Gasteiger partial charge on any atom is -0.506 e. The van der Waals surface area contributed by atoms with E-state index in [-0.39, 0.29) is 168 Å². The maximum atomic E-state index is 12.9. The Hall–Kier alpha value is -15.0. The summed E-state index contributed by atoms with van der Waals surface area (Å²) >= 11 is 12.9. The molecule has 4 amide bonds. The molecule has 0 spiro atoms. The fourth-order valence-corrected chi connectivity index (χ4v) is 14.8. The van der Waals surface area contributed by atoms with Crippen LogP contribution in [0, 0.1) is 13.8 Å². The van der Waals surface area contributed by atoms with Crippen molar-refractivity contribution in [3.05, 3.63) is 347 Å². The van der Waals surface area contributed by atoms with Gasteiger partial charge in [-0.05, 0) is 181 Å². The fraction of sp³-hybridized carbons (Fsp3) is 0.0800. The van der Waals surface area contributed by atoms with Crippen LogP contribution in [0.5, 0.6) is 46.0 Å². The molecule has 0 heterocycles. The Morgan fingerprint density at radius 1 is 0.338 bits per heavy atom. The summed E-state index contributed by atoms with van der Waals surface area (Å²) in [7, 11) is -3.79. The van der Waals surface area contributed by atoms with Crippen LogP contribution < -0.4 is 31.5 Å². The van der Waals surface area contributed by atoms with Gasteiger partial charge in [-0.1, -0.05) is 221 Å². The van der Waals surface area contributed by atoms with E-state index in [1.54, 1.807) is 189 Å². The van der Waals surface area contributed by atoms with Gasteiger partial charge >= 0.3 is 0 Å². The number of aromatic hydroxyl groups is 8. The molecule has 0 fully saturated rings. The number of nitrogens with zero attached hydrogens (tertiary/aromatic N) is 8. The molecule has 0 atom stereocenters. The number of para-hydroxylation sites is 4. The smallest absolute Gasteiger partial charge is 0.259 e. The molecule has 0 radical (unpaired) electrons. The zero-order valence-corrected chi connectivity index (χ0v) is 76.3. The number of phenols is 8. The SMILES string of the molecule is C.C.CCNOOSc1ccc(O)c(N=Nc2c(O)c(C(=O)Nc3ccccc3)cc3ccccc23)c1.CCNS(=O)(=O)c1ccc(O)c(N=Nc2c(O)c(C(=O)Nc3ccccc3)cc3ccccc23)c1.Cc1ccc2c(N=Nc3cc(Cl)ccc3O)c(O)c(C(=O)Nc3ccccc3)cc2c1.Cc1ccc2c(N=Nc3cc(Cl)ccc3O)c(O)c(C(=O)Nc3ccccc3)cc2c1.[Fe].[Fe]. The number of halogens is 2. The number of carbonyl (C=O) groups excluding carboxylic acids is 4. The van der Waals surface area contributed by atoms with Crippen LogP contribution in [0.2, 0.25) is 10.0 Å². The van der Waals surface area contributed by atoms with E-state index in [4.69, 9.17) is 32.5 Å². The number of benzene rings is 16. The molecule has 136 heavy (non-hydrogen) atoms. The topological polar surface area (TPSA) is 454 Å². The number of nitrogens with one attached hydrogen (secondary N) is 6. The summed E-state index contributed by atoms with van der Waals surface area (Å²) in [6.45, 7) is 8.12. The van der Waals surface area contributed by atoms with E-state index < -0.39 is 39.4 Å². The molecule has 0 aliphatic heterocycles. The molecule has 36 heteroatoms. The van der Waals surface area contributed by atoms with Gasteiger partial charge in [0, 0.05) is 106 Å². The van der Waals surface area contributed by atoms with Crippen molar-refractivity contribution in [2.75, 3.05) is 34.4 Å². The van der Waals surface area contributed by atoms with Crippen molar-refractivity contribution in [3.8, 4) is 46.0 Å². The first-order chi connectivity index (χ1) is 63.7. The number of amides is 4.